The second-order valence-corrected chi connectivity index (χ2v) is 16.0. The average molecular weight is 764 g/mol. The number of hydrogen-bond donors (Lipinski definition) is 1. The van der Waals surface area contributed by atoms with Crippen LogP contribution in [0.4, 0.5) is 27.9 Å². The van der Waals surface area contributed by atoms with E-state index in [4.69, 9.17) is 34.5 Å². The van der Waals surface area contributed by atoms with Gasteiger partial charge in [-0.15, -0.1) is 0 Å². The molecule has 0 spiro atoms. The number of anilines is 3. The van der Waals surface area contributed by atoms with Gasteiger partial charge < -0.3 is 24.6 Å². The van der Waals surface area contributed by atoms with E-state index in [1.165, 1.54) is 0 Å². The molecule has 12 nitrogen and oxygen atoms in total. The van der Waals surface area contributed by atoms with Gasteiger partial charge in [-0.05, 0) is 77.1 Å². The highest BCUT2D eigenvalue weighted by Gasteiger charge is 2.34. The fraction of sp³-hybridized carbons (Fsp3) is 0.333. The van der Waals surface area contributed by atoms with Crippen LogP contribution in [0.2, 0.25) is 0 Å². The van der Waals surface area contributed by atoms with Gasteiger partial charge in [0.2, 0.25) is 0 Å². The highest BCUT2D eigenvalue weighted by atomic mass is 16.6. The minimum Gasteiger partial charge on any atom is -0.497 e. The third kappa shape index (κ3) is 8.30. The largest absolute Gasteiger partial charge is 0.497 e. The zero-order valence-corrected chi connectivity index (χ0v) is 33.3. The van der Waals surface area contributed by atoms with E-state index in [9.17, 15) is 4.79 Å². The Morgan fingerprint density at radius 2 is 1.58 bits per heavy atom. The normalized spacial score (nSPS) is 15.2. The lowest BCUT2D eigenvalue weighted by atomic mass is 9.90. The number of piperidine rings is 1. The van der Waals surface area contributed by atoms with Crippen molar-refractivity contribution in [2.75, 3.05) is 36.5 Å². The second kappa shape index (κ2) is 15.7. The molecule has 0 saturated carbocycles. The molecule has 0 unspecified atom stereocenters. The van der Waals surface area contributed by atoms with Gasteiger partial charge in [-0.2, -0.15) is 5.10 Å². The van der Waals surface area contributed by atoms with Gasteiger partial charge in [0.15, 0.2) is 22.8 Å². The summed E-state index contributed by atoms with van der Waals surface area (Å²) in [6, 6.07) is 30.6. The summed E-state index contributed by atoms with van der Waals surface area (Å²) in [5.74, 6) is 3.02. The van der Waals surface area contributed by atoms with Crippen molar-refractivity contribution in [2.45, 2.75) is 71.1 Å². The van der Waals surface area contributed by atoms with Crippen LogP contribution in [0.25, 0.3) is 11.2 Å². The zero-order valence-electron chi connectivity index (χ0n) is 33.3. The number of alkyl carbamates (subject to hydrolysis) is 1. The number of carbonyl (C=O) groups is 1. The summed E-state index contributed by atoms with van der Waals surface area (Å²) in [6.07, 6.45) is 6.52. The number of ether oxygens (including phenoxy) is 2. The standard InChI is InChI=1S/C45H49N9O3/c1-44(2,3)57-43(55)50-45(4)23-27-52(28-24-45)37-29-47-39-41(48-37)54(30-31-18-20-34(56-5)21-19-31)51-42(39)53-26-12-17-35-36(53)22-25-46-40(35)49-38(32-13-8-6-9-14-32)33-15-10-7-11-16-33/h6-11,13-16,18-22,25,29H,12,17,23-24,26-28,30H2,1-5H3,(H,50,55). The van der Waals surface area contributed by atoms with Crippen LogP contribution < -0.4 is 19.9 Å². The van der Waals surface area contributed by atoms with Crippen molar-refractivity contribution in [2.24, 2.45) is 4.99 Å². The van der Waals surface area contributed by atoms with Gasteiger partial charge in [-0.25, -0.2) is 29.4 Å². The Balaban J connectivity index is 1.14. The first kappa shape index (κ1) is 37.6. The molecule has 2 aliphatic heterocycles. The van der Waals surface area contributed by atoms with E-state index < -0.39 is 11.7 Å². The first-order chi connectivity index (χ1) is 27.6. The summed E-state index contributed by atoms with van der Waals surface area (Å²) >= 11 is 0. The van der Waals surface area contributed by atoms with E-state index in [0.29, 0.717) is 31.1 Å². The van der Waals surface area contributed by atoms with Crippen LogP contribution in [-0.2, 0) is 17.7 Å². The maximum atomic E-state index is 12.6. The van der Waals surface area contributed by atoms with E-state index in [1.54, 1.807) is 7.11 Å². The van der Waals surface area contributed by atoms with E-state index in [2.05, 4.69) is 64.5 Å². The molecule has 0 bridgehead atoms. The minimum atomic E-state index is -0.558. The lowest BCUT2D eigenvalue weighted by Crippen LogP contribution is -2.54. The fourth-order valence-corrected chi connectivity index (χ4v) is 7.58. The molecule has 5 heterocycles. The van der Waals surface area contributed by atoms with Gasteiger partial charge in [-0.1, -0.05) is 72.8 Å². The smallest absolute Gasteiger partial charge is 0.408 e. The number of aliphatic imine (C=N–C) groups is 1. The number of benzene rings is 3. The number of carbonyl (C=O) groups excluding carboxylic acids is 1. The van der Waals surface area contributed by atoms with Crippen molar-refractivity contribution in [3.8, 4) is 5.75 Å². The molecule has 1 saturated heterocycles. The zero-order chi connectivity index (χ0) is 39.6. The molecule has 8 rings (SSSR count). The Bertz CT molecular complexity index is 2340. The molecule has 1 amide bonds. The van der Waals surface area contributed by atoms with Crippen molar-refractivity contribution in [1.82, 2.24) is 30.0 Å². The van der Waals surface area contributed by atoms with Crippen LogP contribution in [0, 0.1) is 0 Å². The van der Waals surface area contributed by atoms with Crippen LogP contribution in [0.1, 0.15) is 69.2 Å². The van der Waals surface area contributed by atoms with E-state index in [1.807, 2.05) is 86.4 Å². The Kier molecular flexibility index (Phi) is 10.3. The predicted molar refractivity (Wildman–Crippen MR) is 224 cm³/mol. The van der Waals surface area contributed by atoms with Crippen LogP contribution in [0.3, 0.4) is 0 Å². The summed E-state index contributed by atoms with van der Waals surface area (Å²) < 4.78 is 12.9. The molecule has 1 N–H and O–H groups in total. The predicted octanol–water partition coefficient (Wildman–Crippen LogP) is 8.42. The first-order valence-electron chi connectivity index (χ1n) is 19.6. The summed E-state index contributed by atoms with van der Waals surface area (Å²) in [5, 5.41) is 8.37. The van der Waals surface area contributed by atoms with E-state index >= 15 is 0 Å². The number of fused-ring (bicyclic) bond motifs is 2. The first-order valence-corrected chi connectivity index (χ1v) is 19.6. The number of rotatable bonds is 9. The number of hydrogen-bond acceptors (Lipinski definition) is 10. The van der Waals surface area contributed by atoms with Crippen molar-refractivity contribution < 1.29 is 14.3 Å². The van der Waals surface area contributed by atoms with Gasteiger partial charge in [0, 0.05) is 48.1 Å². The monoisotopic (exact) mass is 763 g/mol. The number of methoxy groups -OCH3 is 1. The highest BCUT2D eigenvalue weighted by molar-refractivity contribution is 6.14. The van der Waals surface area contributed by atoms with Crippen LogP contribution >= 0.6 is 0 Å². The van der Waals surface area contributed by atoms with E-state index in [-0.39, 0.29) is 5.54 Å². The number of pyridine rings is 1. The molecule has 3 aromatic heterocycles. The second-order valence-electron chi connectivity index (χ2n) is 16.0. The fourth-order valence-electron chi connectivity index (χ4n) is 7.58. The third-order valence-corrected chi connectivity index (χ3v) is 10.6. The Morgan fingerprint density at radius 1 is 0.895 bits per heavy atom. The summed E-state index contributed by atoms with van der Waals surface area (Å²) in [6.45, 7) is 10.4. The van der Waals surface area contributed by atoms with Crippen LogP contribution in [0.15, 0.2) is 108 Å². The maximum Gasteiger partial charge on any atom is 0.408 e. The minimum absolute atomic E-state index is 0.387. The lowest BCUT2D eigenvalue weighted by Gasteiger charge is -2.40. The number of amides is 1. The molecule has 2 aliphatic rings. The molecule has 292 valence electrons. The third-order valence-electron chi connectivity index (χ3n) is 10.6. The SMILES string of the molecule is COc1ccc(Cn2nc(N3CCCc4c3ccnc4N=C(c3ccccc3)c3ccccc3)c3ncc(N4CCC(C)(NC(=O)OC(C)(C)C)CC4)nc32)cc1. The van der Waals surface area contributed by atoms with Gasteiger partial charge in [0.25, 0.3) is 0 Å². The number of nitrogens with one attached hydrogen (secondary N) is 1. The van der Waals surface area contributed by atoms with E-state index in [0.717, 1.165) is 88.8 Å². The lowest BCUT2D eigenvalue weighted by molar-refractivity contribution is 0.0448. The molecule has 0 aliphatic carbocycles. The van der Waals surface area contributed by atoms with Crippen molar-refractivity contribution >= 4 is 46.1 Å². The molecule has 1 fully saturated rings. The van der Waals surface area contributed by atoms with Crippen LogP contribution in [0.5, 0.6) is 5.75 Å². The Morgan fingerprint density at radius 3 is 2.23 bits per heavy atom. The molecular formula is C45H49N9O3. The highest BCUT2D eigenvalue weighted by Crippen LogP contribution is 2.40. The molecule has 57 heavy (non-hydrogen) atoms. The van der Waals surface area contributed by atoms with Gasteiger partial charge >= 0.3 is 6.09 Å². The molecule has 12 heteroatoms. The van der Waals surface area contributed by atoms with Crippen molar-refractivity contribution in [3.63, 3.8) is 0 Å². The summed E-state index contributed by atoms with van der Waals surface area (Å²) in [5.41, 5.74) is 6.58. The molecule has 6 aromatic rings. The summed E-state index contributed by atoms with van der Waals surface area (Å²) in [4.78, 5) is 37.6. The molecule has 3 aromatic carbocycles. The van der Waals surface area contributed by atoms with Gasteiger partial charge in [0.1, 0.15) is 17.2 Å². The topological polar surface area (TPSA) is 123 Å². The van der Waals surface area contributed by atoms with Crippen molar-refractivity contribution in [1.29, 1.82) is 0 Å². The molecule has 0 atom stereocenters. The Labute approximate surface area is 333 Å². The molecule has 0 radical (unpaired) electrons. The van der Waals surface area contributed by atoms with Crippen LogP contribution in [-0.4, -0.2) is 74.4 Å². The average Bonchev–Trinajstić information content (AvgIpc) is 3.57. The Hall–Kier alpha value is -6.30. The van der Waals surface area contributed by atoms with Crippen molar-refractivity contribution in [3.05, 3.63) is 126 Å². The summed E-state index contributed by atoms with van der Waals surface area (Å²) in [7, 11) is 1.67. The number of nitrogens with zero attached hydrogens (tertiary/aromatic N) is 8. The number of aromatic nitrogens is 5. The molecular weight excluding hydrogens is 715 g/mol. The van der Waals surface area contributed by atoms with Gasteiger partial charge in [-0.3, -0.25) is 0 Å². The quantitative estimate of drug-likeness (QED) is 0.145. The van der Waals surface area contributed by atoms with Gasteiger partial charge in [0.05, 0.1) is 31.3 Å². The maximum absolute atomic E-state index is 12.6.